The summed E-state index contributed by atoms with van der Waals surface area (Å²) >= 11 is 9.22. The number of nitrogens with zero attached hydrogens (tertiary/aromatic N) is 3. The Morgan fingerprint density at radius 3 is 2.69 bits per heavy atom. The van der Waals surface area contributed by atoms with E-state index < -0.39 is 10.8 Å². The second-order valence-electron chi connectivity index (χ2n) is 5.41. The zero-order chi connectivity index (χ0) is 18.7. The van der Waals surface area contributed by atoms with Gasteiger partial charge in [-0.3, -0.25) is 19.6 Å². The largest absolute Gasteiger partial charge is 0.304 e. The minimum atomic E-state index is -0.548. The molecule has 1 N–H and O–H groups in total. The molecule has 9 heteroatoms. The number of anilines is 1. The number of carbonyl (C=O) groups excluding carboxylic acids is 1. The molecule has 7 nitrogen and oxygen atoms in total. The van der Waals surface area contributed by atoms with Gasteiger partial charge in [0.15, 0.2) is 5.82 Å². The van der Waals surface area contributed by atoms with Crippen LogP contribution in [0.25, 0.3) is 0 Å². The molecule has 0 fully saturated rings. The Balaban J connectivity index is 1.75. The van der Waals surface area contributed by atoms with Crippen molar-refractivity contribution in [3.8, 4) is 0 Å². The van der Waals surface area contributed by atoms with Crippen molar-refractivity contribution < 1.29 is 9.72 Å². The third kappa shape index (κ3) is 4.27. The van der Waals surface area contributed by atoms with Gasteiger partial charge >= 0.3 is 0 Å². The van der Waals surface area contributed by atoms with E-state index in [1.54, 1.807) is 23.0 Å². The topological polar surface area (TPSA) is 90.1 Å². The molecule has 0 saturated heterocycles. The Kier molecular flexibility index (Phi) is 5.34. The molecule has 0 saturated carbocycles. The van der Waals surface area contributed by atoms with Gasteiger partial charge in [-0.1, -0.05) is 29.8 Å². The number of hydrogen-bond acceptors (Lipinski definition) is 4. The Hall–Kier alpha value is -2.71. The number of rotatable bonds is 5. The predicted molar refractivity (Wildman–Crippen MR) is 102 cm³/mol. The van der Waals surface area contributed by atoms with Gasteiger partial charge in [0.1, 0.15) is 0 Å². The van der Waals surface area contributed by atoms with E-state index in [1.807, 2.05) is 12.1 Å². The third-order valence-corrected chi connectivity index (χ3v) is 4.36. The lowest BCUT2D eigenvalue weighted by Crippen LogP contribution is -2.13. The quantitative estimate of drug-likeness (QED) is 0.472. The van der Waals surface area contributed by atoms with Crippen LogP contribution in [0.4, 0.5) is 11.5 Å². The smallest absolute Gasteiger partial charge is 0.270 e. The van der Waals surface area contributed by atoms with Crippen molar-refractivity contribution in [2.45, 2.75) is 6.54 Å². The van der Waals surface area contributed by atoms with Crippen molar-refractivity contribution in [2.75, 3.05) is 5.32 Å². The molecule has 0 aliphatic carbocycles. The van der Waals surface area contributed by atoms with Gasteiger partial charge in [0.25, 0.3) is 11.6 Å². The summed E-state index contributed by atoms with van der Waals surface area (Å²) in [6.45, 7) is 0.502. The van der Waals surface area contributed by atoms with Crippen LogP contribution >= 0.6 is 27.5 Å². The van der Waals surface area contributed by atoms with Gasteiger partial charge in [-0.25, -0.2) is 0 Å². The molecule has 3 aromatic rings. The summed E-state index contributed by atoms with van der Waals surface area (Å²) in [6.07, 6.45) is 1.73. The highest BCUT2D eigenvalue weighted by Crippen LogP contribution is 2.22. The SMILES string of the molecule is O=C(Nc1nn(Cc2ccc(Cl)cc2)cc1Br)c1cccc([N+](=O)[O-])c1. The fourth-order valence-electron chi connectivity index (χ4n) is 2.28. The second kappa shape index (κ2) is 7.67. The Morgan fingerprint density at radius 2 is 2.00 bits per heavy atom. The van der Waals surface area contributed by atoms with E-state index in [0.29, 0.717) is 21.9 Å². The molecule has 26 heavy (non-hydrogen) atoms. The van der Waals surface area contributed by atoms with E-state index in [0.717, 1.165) is 5.56 Å². The predicted octanol–water partition coefficient (Wildman–Crippen LogP) is 4.51. The van der Waals surface area contributed by atoms with Crippen LogP contribution in [0.15, 0.2) is 59.2 Å². The standard InChI is InChI=1S/C17H12BrClN4O3/c18-15-10-22(9-11-4-6-13(19)7-5-11)21-16(15)20-17(24)12-2-1-3-14(8-12)23(25)26/h1-8,10H,9H2,(H,20,21,24). The number of nitro benzene ring substituents is 1. The first-order chi connectivity index (χ1) is 12.4. The molecule has 0 radical (unpaired) electrons. The molecule has 0 atom stereocenters. The fourth-order valence-corrected chi connectivity index (χ4v) is 2.82. The number of nitrogens with one attached hydrogen (secondary N) is 1. The van der Waals surface area contributed by atoms with Crippen molar-refractivity contribution >= 4 is 44.9 Å². The van der Waals surface area contributed by atoms with E-state index in [9.17, 15) is 14.9 Å². The van der Waals surface area contributed by atoms with Crippen LogP contribution in [0.1, 0.15) is 15.9 Å². The second-order valence-corrected chi connectivity index (χ2v) is 6.70. The number of nitro groups is 1. The normalized spacial score (nSPS) is 10.5. The molecule has 2 aromatic carbocycles. The minimum absolute atomic E-state index is 0.148. The van der Waals surface area contributed by atoms with Crippen LogP contribution in [0.5, 0.6) is 0 Å². The molecule has 0 unspecified atom stereocenters. The molecule has 1 amide bonds. The van der Waals surface area contributed by atoms with Gasteiger partial charge in [-0.05, 0) is 39.7 Å². The molecule has 3 rings (SSSR count). The van der Waals surface area contributed by atoms with Crippen molar-refractivity contribution in [1.29, 1.82) is 0 Å². The summed E-state index contributed by atoms with van der Waals surface area (Å²) in [5, 5.41) is 18.4. The first-order valence-corrected chi connectivity index (χ1v) is 8.62. The van der Waals surface area contributed by atoms with Crippen LogP contribution in [-0.4, -0.2) is 20.6 Å². The van der Waals surface area contributed by atoms with Crippen LogP contribution in [0.3, 0.4) is 0 Å². The zero-order valence-electron chi connectivity index (χ0n) is 13.2. The van der Waals surface area contributed by atoms with Crippen molar-refractivity contribution in [1.82, 2.24) is 9.78 Å². The number of non-ortho nitro benzene ring substituents is 1. The maximum absolute atomic E-state index is 12.3. The number of aromatic nitrogens is 2. The first kappa shape index (κ1) is 18.1. The van der Waals surface area contributed by atoms with E-state index in [2.05, 4.69) is 26.3 Å². The van der Waals surface area contributed by atoms with Crippen molar-refractivity contribution in [2.24, 2.45) is 0 Å². The Morgan fingerprint density at radius 1 is 1.27 bits per heavy atom. The summed E-state index contributed by atoms with van der Waals surface area (Å²) in [6, 6.07) is 12.9. The van der Waals surface area contributed by atoms with Crippen molar-refractivity contribution in [3.05, 3.63) is 85.5 Å². The summed E-state index contributed by atoms with van der Waals surface area (Å²) in [5.41, 5.74) is 1.03. The summed E-state index contributed by atoms with van der Waals surface area (Å²) < 4.78 is 2.27. The summed E-state index contributed by atoms with van der Waals surface area (Å²) in [5.74, 6) is -0.151. The zero-order valence-corrected chi connectivity index (χ0v) is 15.6. The fraction of sp³-hybridized carbons (Fsp3) is 0.0588. The van der Waals surface area contributed by atoms with E-state index in [-0.39, 0.29) is 11.3 Å². The number of amides is 1. The molecular weight excluding hydrogens is 424 g/mol. The molecule has 0 aliphatic rings. The van der Waals surface area contributed by atoms with Crippen LogP contribution in [0.2, 0.25) is 5.02 Å². The van der Waals surface area contributed by atoms with Crippen LogP contribution < -0.4 is 5.32 Å². The summed E-state index contributed by atoms with van der Waals surface area (Å²) in [7, 11) is 0. The van der Waals surface area contributed by atoms with Gasteiger partial charge in [0, 0.05) is 28.9 Å². The van der Waals surface area contributed by atoms with Crippen LogP contribution in [0, 0.1) is 10.1 Å². The average molecular weight is 436 g/mol. The van der Waals surface area contributed by atoms with Gasteiger partial charge in [-0.15, -0.1) is 0 Å². The Bertz CT molecular complexity index is 972. The lowest BCUT2D eigenvalue weighted by atomic mass is 10.2. The van der Waals surface area contributed by atoms with Gasteiger partial charge in [0.2, 0.25) is 0 Å². The molecule has 0 aliphatic heterocycles. The lowest BCUT2D eigenvalue weighted by Gasteiger charge is -2.04. The highest BCUT2D eigenvalue weighted by atomic mass is 79.9. The van der Waals surface area contributed by atoms with Gasteiger partial charge < -0.3 is 5.32 Å². The van der Waals surface area contributed by atoms with Gasteiger partial charge in [-0.2, -0.15) is 5.10 Å². The molecule has 0 spiro atoms. The number of halogens is 2. The maximum atomic E-state index is 12.3. The first-order valence-electron chi connectivity index (χ1n) is 7.45. The molecule has 1 aromatic heterocycles. The maximum Gasteiger partial charge on any atom is 0.270 e. The molecular formula is C17H12BrClN4O3. The van der Waals surface area contributed by atoms with Crippen molar-refractivity contribution in [3.63, 3.8) is 0 Å². The molecule has 1 heterocycles. The molecule has 0 bridgehead atoms. The minimum Gasteiger partial charge on any atom is -0.304 e. The highest BCUT2D eigenvalue weighted by molar-refractivity contribution is 9.10. The number of hydrogen-bond donors (Lipinski definition) is 1. The van der Waals surface area contributed by atoms with E-state index >= 15 is 0 Å². The lowest BCUT2D eigenvalue weighted by molar-refractivity contribution is -0.384. The van der Waals surface area contributed by atoms with E-state index in [4.69, 9.17) is 11.6 Å². The average Bonchev–Trinajstić information content (AvgIpc) is 2.96. The molecule has 132 valence electrons. The number of carbonyl (C=O) groups is 1. The van der Waals surface area contributed by atoms with E-state index in [1.165, 1.54) is 24.3 Å². The third-order valence-electron chi connectivity index (χ3n) is 3.53. The Labute approximate surface area is 161 Å². The summed E-state index contributed by atoms with van der Waals surface area (Å²) in [4.78, 5) is 22.6. The highest BCUT2D eigenvalue weighted by Gasteiger charge is 2.15. The van der Waals surface area contributed by atoms with Crippen LogP contribution in [-0.2, 0) is 6.54 Å². The number of benzene rings is 2. The monoisotopic (exact) mass is 434 g/mol. The van der Waals surface area contributed by atoms with Gasteiger partial charge in [0.05, 0.1) is 15.9 Å².